The molecule has 0 saturated carbocycles. The monoisotopic (exact) mass is 500 g/mol. The van der Waals surface area contributed by atoms with Crippen LogP contribution in [0.2, 0.25) is 10.0 Å². The lowest BCUT2D eigenvalue weighted by atomic mass is 10.0. The molecule has 0 heterocycles. The Morgan fingerprint density at radius 3 is 2.26 bits per heavy atom. The SMILES string of the molecule is CC(C)NC(=O)[C@@H](Cc1ccccc1)N(Cc1cccc(Cl)c1)C(=O)Cc1c(F)cccc1Cl. The molecule has 1 atom stereocenters. The summed E-state index contributed by atoms with van der Waals surface area (Å²) in [6, 6.07) is 19.9. The highest BCUT2D eigenvalue weighted by Gasteiger charge is 2.31. The molecule has 1 N–H and O–H groups in total. The third-order valence-electron chi connectivity index (χ3n) is 5.33. The van der Waals surface area contributed by atoms with Crippen molar-refractivity contribution in [2.75, 3.05) is 0 Å². The summed E-state index contributed by atoms with van der Waals surface area (Å²) in [5.74, 6) is -1.25. The maximum absolute atomic E-state index is 14.5. The molecule has 0 radical (unpaired) electrons. The summed E-state index contributed by atoms with van der Waals surface area (Å²) < 4.78 is 14.5. The zero-order valence-corrected chi connectivity index (χ0v) is 20.6. The van der Waals surface area contributed by atoms with Crippen molar-refractivity contribution < 1.29 is 14.0 Å². The minimum atomic E-state index is -0.818. The van der Waals surface area contributed by atoms with Gasteiger partial charge in [0, 0.05) is 34.6 Å². The number of hydrogen-bond acceptors (Lipinski definition) is 2. The van der Waals surface area contributed by atoms with Crippen LogP contribution >= 0.6 is 23.2 Å². The second-order valence-corrected chi connectivity index (χ2v) is 9.24. The molecular weight excluding hydrogens is 474 g/mol. The van der Waals surface area contributed by atoms with Gasteiger partial charge in [0.05, 0.1) is 6.42 Å². The highest BCUT2D eigenvalue weighted by molar-refractivity contribution is 6.31. The Morgan fingerprint density at radius 2 is 1.62 bits per heavy atom. The van der Waals surface area contributed by atoms with E-state index in [9.17, 15) is 14.0 Å². The van der Waals surface area contributed by atoms with Gasteiger partial charge in [0.15, 0.2) is 0 Å². The molecule has 0 fully saturated rings. The fourth-order valence-corrected chi connectivity index (χ4v) is 4.16. The van der Waals surface area contributed by atoms with Crippen molar-refractivity contribution in [3.8, 4) is 0 Å². The van der Waals surface area contributed by atoms with Crippen molar-refractivity contribution in [3.05, 3.63) is 105 Å². The van der Waals surface area contributed by atoms with Crippen LogP contribution in [0.1, 0.15) is 30.5 Å². The number of hydrogen-bond donors (Lipinski definition) is 1. The molecule has 0 spiro atoms. The number of halogens is 3. The number of benzene rings is 3. The van der Waals surface area contributed by atoms with Gasteiger partial charge in [0.1, 0.15) is 11.9 Å². The molecule has 2 amide bonds. The van der Waals surface area contributed by atoms with Crippen LogP contribution in [-0.4, -0.2) is 28.8 Å². The smallest absolute Gasteiger partial charge is 0.243 e. The minimum absolute atomic E-state index is 0.105. The molecule has 178 valence electrons. The van der Waals surface area contributed by atoms with Gasteiger partial charge < -0.3 is 10.2 Å². The number of amides is 2. The average molecular weight is 501 g/mol. The van der Waals surface area contributed by atoms with Crippen molar-refractivity contribution >= 4 is 35.0 Å². The Labute approximate surface area is 209 Å². The molecule has 4 nitrogen and oxygen atoms in total. The first-order valence-corrected chi connectivity index (χ1v) is 11.8. The van der Waals surface area contributed by atoms with E-state index in [1.165, 1.54) is 17.0 Å². The molecule has 0 saturated heterocycles. The number of rotatable bonds is 9. The number of carbonyl (C=O) groups excluding carboxylic acids is 2. The Morgan fingerprint density at radius 1 is 0.941 bits per heavy atom. The Bertz CT molecular complexity index is 1120. The number of nitrogens with zero attached hydrogens (tertiary/aromatic N) is 1. The van der Waals surface area contributed by atoms with E-state index in [-0.39, 0.29) is 35.5 Å². The Balaban J connectivity index is 2.01. The quantitative estimate of drug-likeness (QED) is 0.401. The molecular formula is C27H27Cl2FN2O2. The first-order chi connectivity index (χ1) is 16.2. The van der Waals surface area contributed by atoms with Gasteiger partial charge in [-0.2, -0.15) is 0 Å². The molecule has 0 aromatic heterocycles. The second kappa shape index (κ2) is 12.0. The topological polar surface area (TPSA) is 49.4 Å². The lowest BCUT2D eigenvalue weighted by molar-refractivity contribution is -0.141. The summed E-state index contributed by atoms with van der Waals surface area (Å²) in [5, 5.41) is 3.61. The molecule has 34 heavy (non-hydrogen) atoms. The highest BCUT2D eigenvalue weighted by atomic mass is 35.5. The standard InChI is InChI=1S/C27H27Cl2FN2O2/c1-18(2)31-27(34)25(15-19-8-4-3-5-9-19)32(17-20-10-6-11-21(28)14-20)26(33)16-22-23(29)12-7-13-24(22)30/h3-14,18,25H,15-17H2,1-2H3,(H,31,34)/t25-/m1/s1. The summed E-state index contributed by atoms with van der Waals surface area (Å²) >= 11 is 12.4. The van der Waals surface area contributed by atoms with E-state index in [0.29, 0.717) is 11.4 Å². The van der Waals surface area contributed by atoms with Crippen molar-refractivity contribution in [2.45, 2.75) is 45.3 Å². The fourth-order valence-electron chi connectivity index (χ4n) is 3.72. The molecule has 0 aliphatic carbocycles. The van der Waals surface area contributed by atoms with E-state index >= 15 is 0 Å². The summed E-state index contributed by atoms with van der Waals surface area (Å²) in [4.78, 5) is 28.4. The Hall–Kier alpha value is -2.89. The number of nitrogens with one attached hydrogen (secondary N) is 1. The third-order valence-corrected chi connectivity index (χ3v) is 5.92. The first kappa shape index (κ1) is 25.7. The normalized spacial score (nSPS) is 11.8. The van der Waals surface area contributed by atoms with E-state index in [1.807, 2.05) is 50.2 Å². The average Bonchev–Trinajstić information content (AvgIpc) is 2.79. The molecule has 3 aromatic carbocycles. The molecule has 3 aromatic rings. The lowest BCUT2D eigenvalue weighted by Gasteiger charge is -2.32. The van der Waals surface area contributed by atoms with Gasteiger partial charge >= 0.3 is 0 Å². The van der Waals surface area contributed by atoms with E-state index in [4.69, 9.17) is 23.2 Å². The number of carbonyl (C=O) groups is 2. The zero-order valence-electron chi connectivity index (χ0n) is 19.1. The third kappa shape index (κ3) is 7.05. The van der Waals surface area contributed by atoms with Crippen molar-refractivity contribution in [2.24, 2.45) is 0 Å². The molecule has 0 unspecified atom stereocenters. The van der Waals surface area contributed by atoms with Gasteiger partial charge in [0.25, 0.3) is 0 Å². The summed E-state index contributed by atoms with van der Waals surface area (Å²) in [5.41, 5.74) is 1.77. The summed E-state index contributed by atoms with van der Waals surface area (Å²) in [7, 11) is 0. The summed E-state index contributed by atoms with van der Waals surface area (Å²) in [6.45, 7) is 3.86. The van der Waals surface area contributed by atoms with Gasteiger partial charge in [-0.3, -0.25) is 9.59 Å². The zero-order chi connectivity index (χ0) is 24.7. The molecule has 0 aliphatic rings. The van der Waals surface area contributed by atoms with Crippen LogP contribution < -0.4 is 5.32 Å². The fraction of sp³-hybridized carbons (Fsp3) is 0.259. The van der Waals surface area contributed by atoms with Gasteiger partial charge in [-0.1, -0.05) is 71.7 Å². The molecule has 7 heteroatoms. The lowest BCUT2D eigenvalue weighted by Crippen LogP contribution is -2.52. The van der Waals surface area contributed by atoms with Crippen LogP contribution in [0.3, 0.4) is 0 Å². The molecule has 0 bridgehead atoms. The van der Waals surface area contributed by atoms with Gasteiger partial charge in [0.2, 0.25) is 11.8 Å². The van der Waals surface area contributed by atoms with Gasteiger partial charge in [-0.05, 0) is 49.2 Å². The van der Waals surface area contributed by atoms with E-state index in [2.05, 4.69) is 5.32 Å². The highest BCUT2D eigenvalue weighted by Crippen LogP contribution is 2.23. The van der Waals surface area contributed by atoms with Crippen molar-refractivity contribution in [3.63, 3.8) is 0 Å². The maximum Gasteiger partial charge on any atom is 0.243 e. The maximum atomic E-state index is 14.5. The van der Waals surface area contributed by atoms with Crippen LogP contribution in [0, 0.1) is 5.82 Å². The molecule has 3 rings (SSSR count). The predicted molar refractivity (Wildman–Crippen MR) is 134 cm³/mol. The van der Waals surface area contributed by atoms with Crippen LogP contribution in [0.25, 0.3) is 0 Å². The Kier molecular flexibility index (Phi) is 9.08. The van der Waals surface area contributed by atoms with Crippen LogP contribution in [0.4, 0.5) is 4.39 Å². The van der Waals surface area contributed by atoms with E-state index in [1.54, 1.807) is 24.3 Å². The van der Waals surface area contributed by atoms with E-state index < -0.39 is 17.8 Å². The molecule has 0 aliphatic heterocycles. The van der Waals surface area contributed by atoms with Crippen LogP contribution in [0.15, 0.2) is 72.8 Å². The largest absolute Gasteiger partial charge is 0.352 e. The first-order valence-electron chi connectivity index (χ1n) is 11.1. The van der Waals surface area contributed by atoms with Crippen LogP contribution in [0.5, 0.6) is 0 Å². The van der Waals surface area contributed by atoms with Crippen molar-refractivity contribution in [1.82, 2.24) is 10.2 Å². The van der Waals surface area contributed by atoms with Gasteiger partial charge in [-0.25, -0.2) is 4.39 Å². The second-order valence-electron chi connectivity index (χ2n) is 8.40. The summed E-state index contributed by atoms with van der Waals surface area (Å²) in [6.07, 6.45) is 0.0308. The van der Waals surface area contributed by atoms with E-state index in [0.717, 1.165) is 11.1 Å². The van der Waals surface area contributed by atoms with Crippen molar-refractivity contribution in [1.29, 1.82) is 0 Å². The minimum Gasteiger partial charge on any atom is -0.352 e. The van der Waals surface area contributed by atoms with Gasteiger partial charge in [-0.15, -0.1) is 0 Å². The van der Waals surface area contributed by atoms with Crippen LogP contribution in [-0.2, 0) is 29.0 Å². The predicted octanol–water partition coefficient (Wildman–Crippen LogP) is 5.84.